The van der Waals surface area contributed by atoms with E-state index in [0.717, 1.165) is 16.0 Å². The molecule has 1 aromatic heterocycles. The van der Waals surface area contributed by atoms with E-state index in [1.54, 1.807) is 0 Å². The first kappa shape index (κ1) is 17.5. The van der Waals surface area contributed by atoms with Crippen molar-refractivity contribution in [2.75, 3.05) is 26.2 Å². The highest BCUT2D eigenvalue weighted by molar-refractivity contribution is 7.12. The van der Waals surface area contributed by atoms with Gasteiger partial charge in [-0.05, 0) is 34.7 Å². The second kappa shape index (κ2) is 7.76. The molecule has 5 heteroatoms. The molecule has 4 nitrogen and oxygen atoms in total. The molecule has 0 atom stereocenters. The summed E-state index contributed by atoms with van der Waals surface area (Å²) in [5.41, 5.74) is 2.82. The topological polar surface area (TPSA) is 40.6 Å². The lowest BCUT2D eigenvalue weighted by Gasteiger charge is -2.34. The molecule has 0 radical (unpaired) electrons. The van der Waals surface area contributed by atoms with Gasteiger partial charge in [0.2, 0.25) is 0 Å². The van der Waals surface area contributed by atoms with Crippen molar-refractivity contribution < 1.29 is 9.59 Å². The van der Waals surface area contributed by atoms with Crippen molar-refractivity contribution in [3.63, 3.8) is 0 Å². The molecule has 0 spiro atoms. The van der Waals surface area contributed by atoms with Crippen LogP contribution in [-0.4, -0.2) is 47.8 Å². The predicted molar refractivity (Wildman–Crippen MR) is 108 cm³/mol. The van der Waals surface area contributed by atoms with Crippen LogP contribution < -0.4 is 0 Å². The van der Waals surface area contributed by atoms with Gasteiger partial charge in [-0.1, -0.05) is 48.5 Å². The van der Waals surface area contributed by atoms with Gasteiger partial charge in [-0.3, -0.25) is 9.59 Å². The van der Waals surface area contributed by atoms with E-state index in [2.05, 4.69) is 0 Å². The molecule has 0 N–H and O–H groups in total. The van der Waals surface area contributed by atoms with Crippen LogP contribution in [0.5, 0.6) is 0 Å². The summed E-state index contributed by atoms with van der Waals surface area (Å²) in [5, 5.41) is 1.91. The minimum atomic E-state index is 0.0241. The first-order valence-electron chi connectivity index (χ1n) is 9.00. The smallest absolute Gasteiger partial charge is 0.264 e. The molecule has 27 heavy (non-hydrogen) atoms. The third-order valence-corrected chi connectivity index (χ3v) is 5.66. The highest BCUT2D eigenvalue weighted by Crippen LogP contribution is 2.21. The summed E-state index contributed by atoms with van der Waals surface area (Å²) in [6.45, 7) is 2.26. The highest BCUT2D eigenvalue weighted by Gasteiger charge is 2.26. The van der Waals surface area contributed by atoms with Crippen LogP contribution in [0.2, 0.25) is 0 Å². The first-order valence-corrected chi connectivity index (χ1v) is 9.88. The number of rotatable bonds is 3. The summed E-state index contributed by atoms with van der Waals surface area (Å²) in [4.78, 5) is 29.8. The largest absolute Gasteiger partial charge is 0.335 e. The summed E-state index contributed by atoms with van der Waals surface area (Å²) in [7, 11) is 0. The number of amides is 2. The predicted octanol–water partition coefficient (Wildman–Crippen LogP) is 4.01. The zero-order valence-electron chi connectivity index (χ0n) is 14.9. The lowest BCUT2D eigenvalue weighted by molar-refractivity contribution is 0.0538. The Morgan fingerprint density at radius 2 is 1.37 bits per heavy atom. The Morgan fingerprint density at radius 3 is 2.04 bits per heavy atom. The van der Waals surface area contributed by atoms with Crippen LogP contribution in [0.4, 0.5) is 0 Å². The van der Waals surface area contributed by atoms with Crippen LogP contribution in [0.25, 0.3) is 11.1 Å². The molecule has 2 heterocycles. The maximum absolute atomic E-state index is 12.9. The molecule has 0 aliphatic carbocycles. The monoisotopic (exact) mass is 376 g/mol. The van der Waals surface area contributed by atoms with E-state index >= 15 is 0 Å². The lowest BCUT2D eigenvalue weighted by Crippen LogP contribution is -2.50. The molecule has 136 valence electrons. The van der Waals surface area contributed by atoms with Crippen molar-refractivity contribution >= 4 is 23.2 Å². The average Bonchev–Trinajstić information content (AvgIpc) is 3.28. The van der Waals surface area contributed by atoms with E-state index < -0.39 is 0 Å². The van der Waals surface area contributed by atoms with Crippen molar-refractivity contribution in [1.29, 1.82) is 0 Å². The van der Waals surface area contributed by atoms with Crippen molar-refractivity contribution in [3.8, 4) is 11.1 Å². The molecule has 1 saturated heterocycles. The van der Waals surface area contributed by atoms with E-state index in [0.29, 0.717) is 31.7 Å². The number of benzene rings is 2. The van der Waals surface area contributed by atoms with Gasteiger partial charge in [-0.2, -0.15) is 0 Å². The van der Waals surface area contributed by atoms with Crippen LogP contribution >= 0.6 is 11.3 Å². The molecule has 1 aliphatic heterocycles. The van der Waals surface area contributed by atoms with Crippen molar-refractivity contribution in [3.05, 3.63) is 82.6 Å². The third-order valence-electron chi connectivity index (χ3n) is 4.80. The van der Waals surface area contributed by atoms with Gasteiger partial charge >= 0.3 is 0 Å². The Labute approximate surface area is 162 Å². The zero-order chi connectivity index (χ0) is 18.6. The van der Waals surface area contributed by atoms with Crippen LogP contribution in [0.1, 0.15) is 20.0 Å². The fraction of sp³-hybridized carbons (Fsp3) is 0.182. The normalized spacial score (nSPS) is 14.2. The van der Waals surface area contributed by atoms with Crippen LogP contribution in [0.3, 0.4) is 0 Å². The minimum absolute atomic E-state index is 0.0241. The minimum Gasteiger partial charge on any atom is -0.335 e. The van der Waals surface area contributed by atoms with Gasteiger partial charge in [0.25, 0.3) is 11.8 Å². The quantitative estimate of drug-likeness (QED) is 0.693. The molecule has 0 unspecified atom stereocenters. The second-order valence-electron chi connectivity index (χ2n) is 6.51. The summed E-state index contributed by atoms with van der Waals surface area (Å²) < 4.78 is 0. The third kappa shape index (κ3) is 3.78. The van der Waals surface area contributed by atoms with Crippen molar-refractivity contribution in [2.24, 2.45) is 0 Å². The van der Waals surface area contributed by atoms with Crippen LogP contribution in [0.15, 0.2) is 72.1 Å². The summed E-state index contributed by atoms with van der Waals surface area (Å²) in [6, 6.07) is 21.5. The van der Waals surface area contributed by atoms with Gasteiger partial charge in [0.05, 0.1) is 4.88 Å². The SMILES string of the molecule is O=C(c1cccc(-c2ccccc2)c1)N1CCN(C(=O)c2cccs2)CC1. The maximum Gasteiger partial charge on any atom is 0.264 e. The summed E-state index contributed by atoms with van der Waals surface area (Å²) >= 11 is 1.46. The fourth-order valence-corrected chi connectivity index (χ4v) is 4.00. The number of hydrogen-bond acceptors (Lipinski definition) is 3. The van der Waals surface area contributed by atoms with E-state index in [1.165, 1.54) is 11.3 Å². The zero-order valence-corrected chi connectivity index (χ0v) is 15.7. The van der Waals surface area contributed by atoms with Gasteiger partial charge in [0, 0.05) is 31.7 Å². The molecule has 3 aromatic rings. The van der Waals surface area contributed by atoms with Gasteiger partial charge in [-0.15, -0.1) is 11.3 Å². The van der Waals surface area contributed by atoms with Gasteiger partial charge < -0.3 is 9.80 Å². The molecule has 2 aromatic carbocycles. The molecule has 1 fully saturated rings. The van der Waals surface area contributed by atoms with Crippen LogP contribution in [0, 0.1) is 0 Å². The van der Waals surface area contributed by atoms with Crippen molar-refractivity contribution in [1.82, 2.24) is 9.80 Å². The number of piperazine rings is 1. The Hall–Kier alpha value is -2.92. The Balaban J connectivity index is 1.43. The number of hydrogen-bond donors (Lipinski definition) is 0. The van der Waals surface area contributed by atoms with E-state index in [9.17, 15) is 9.59 Å². The molecular weight excluding hydrogens is 356 g/mol. The first-order chi connectivity index (χ1) is 13.2. The highest BCUT2D eigenvalue weighted by atomic mass is 32.1. The van der Waals surface area contributed by atoms with E-state index in [1.807, 2.05) is 81.9 Å². The molecule has 4 rings (SSSR count). The fourth-order valence-electron chi connectivity index (χ4n) is 3.31. The maximum atomic E-state index is 12.9. The number of nitrogens with zero attached hydrogens (tertiary/aromatic N) is 2. The van der Waals surface area contributed by atoms with Gasteiger partial charge in [0.15, 0.2) is 0 Å². The van der Waals surface area contributed by atoms with Gasteiger partial charge in [-0.25, -0.2) is 0 Å². The molecule has 1 aliphatic rings. The van der Waals surface area contributed by atoms with Gasteiger partial charge in [0.1, 0.15) is 0 Å². The number of thiophene rings is 1. The Morgan fingerprint density at radius 1 is 0.704 bits per heavy atom. The second-order valence-corrected chi connectivity index (χ2v) is 7.46. The molecular formula is C22H20N2O2S. The molecule has 2 amide bonds. The Bertz CT molecular complexity index is 930. The van der Waals surface area contributed by atoms with Crippen LogP contribution in [-0.2, 0) is 0 Å². The number of carbonyl (C=O) groups excluding carboxylic acids is 2. The Kier molecular flexibility index (Phi) is 5.03. The standard InChI is InChI=1S/C22H20N2O2S/c25-21(19-9-4-8-18(16-19)17-6-2-1-3-7-17)23-11-13-24(14-12-23)22(26)20-10-5-15-27-20/h1-10,15-16H,11-14H2. The lowest BCUT2D eigenvalue weighted by atomic mass is 10.0. The number of carbonyl (C=O) groups is 2. The van der Waals surface area contributed by atoms with Crippen molar-refractivity contribution in [2.45, 2.75) is 0 Å². The molecule has 0 bridgehead atoms. The summed E-state index contributed by atoms with van der Waals surface area (Å²) in [6.07, 6.45) is 0. The van der Waals surface area contributed by atoms with E-state index in [4.69, 9.17) is 0 Å². The summed E-state index contributed by atoms with van der Waals surface area (Å²) in [5.74, 6) is 0.0826. The average molecular weight is 376 g/mol. The van der Waals surface area contributed by atoms with E-state index in [-0.39, 0.29) is 11.8 Å². The molecule has 0 saturated carbocycles.